The Kier molecular flexibility index (Phi) is 22.5. The Morgan fingerprint density at radius 2 is 1.45 bits per heavy atom. The number of likely N-dealkylation sites (tertiary alicyclic amines) is 2. The van der Waals surface area contributed by atoms with Gasteiger partial charge in [-0.05, 0) is 81.7 Å². The monoisotopic (exact) mass is 895 g/mol. The first-order valence-electron chi connectivity index (χ1n) is 19.8. The van der Waals surface area contributed by atoms with Gasteiger partial charge in [-0.25, -0.2) is 4.79 Å². The average molecular weight is 897 g/mol. The van der Waals surface area contributed by atoms with Gasteiger partial charge in [-0.3, -0.25) is 28.8 Å². The Morgan fingerprint density at radius 3 is 1.98 bits per heavy atom. The van der Waals surface area contributed by atoms with E-state index in [-0.39, 0.29) is 24.9 Å². The van der Waals surface area contributed by atoms with Crippen LogP contribution in [-0.4, -0.2) is 144 Å². The van der Waals surface area contributed by atoms with E-state index in [4.69, 9.17) is 44.6 Å². The van der Waals surface area contributed by atoms with Crippen LogP contribution in [-0.2, 0) is 33.6 Å². The number of anilines is 2. The Labute approximate surface area is 357 Å². The number of alkyl halides is 5. The van der Waals surface area contributed by atoms with Crippen molar-refractivity contribution >= 4 is 76.0 Å². The molecule has 0 aromatic heterocycles. The third-order valence-electron chi connectivity index (χ3n) is 9.65. The SMILES string of the molecule is CC(C)C[C@H](NC(=O)[C@@H]1CCCN1C(=O)[C@H](N)CCCCN)C(=O)NCC(=O)N1CCC[C@H]1C(=O)NCC(=O)Nc1ccc(N(CCCl)CCCl)cc1.O=C(O)C(F)(F)F. The van der Waals surface area contributed by atoms with E-state index in [9.17, 15) is 41.9 Å². The van der Waals surface area contributed by atoms with Gasteiger partial charge in [0.15, 0.2) is 0 Å². The molecular formula is C38H58Cl2F3N9O8. The van der Waals surface area contributed by atoms with Crippen LogP contribution in [0.25, 0.3) is 0 Å². The fraction of sp³-hybridized carbons (Fsp3) is 0.658. The molecule has 6 amide bonds. The second-order valence-corrected chi connectivity index (χ2v) is 15.5. The molecule has 0 radical (unpaired) electrons. The van der Waals surface area contributed by atoms with Crippen molar-refractivity contribution in [1.29, 1.82) is 0 Å². The number of unbranched alkanes of at least 4 members (excludes halogenated alkanes) is 1. The zero-order valence-electron chi connectivity index (χ0n) is 33.9. The molecule has 60 heavy (non-hydrogen) atoms. The molecule has 2 aliphatic heterocycles. The van der Waals surface area contributed by atoms with E-state index in [0.717, 1.165) is 12.1 Å². The van der Waals surface area contributed by atoms with Crippen molar-refractivity contribution in [3.05, 3.63) is 24.3 Å². The lowest BCUT2D eigenvalue weighted by Crippen LogP contribution is -2.56. The molecule has 0 saturated carbocycles. The standard InChI is InChI=1S/C36H57Cl2N9O6.C2HF3O2/c1-24(2)21-28(44-35(52)30-9-6-18-47(30)36(53)27(40)7-3-4-16-39)33(50)42-23-32(49)46-17-5-8-29(46)34(51)41-22-31(48)43-25-10-12-26(13-11-25)45(19-14-37)20-15-38;3-2(4,5)1(6)7/h10-13,24,27-30H,3-9,14-23,39-40H2,1-2H3,(H,41,51)(H,42,50)(H,43,48)(H,44,52);(H,6,7)/t27-,28+,29+,30+;/m1./s1. The molecule has 1 aromatic carbocycles. The molecule has 9 N–H and O–H groups in total. The largest absolute Gasteiger partial charge is 0.490 e. The third-order valence-corrected chi connectivity index (χ3v) is 9.98. The minimum Gasteiger partial charge on any atom is -0.475 e. The number of carboxylic acid groups (broad SMARTS) is 1. The minimum absolute atomic E-state index is 0.0368. The summed E-state index contributed by atoms with van der Waals surface area (Å²) in [6, 6.07) is 4.01. The van der Waals surface area contributed by atoms with Gasteiger partial charge in [-0.2, -0.15) is 13.2 Å². The summed E-state index contributed by atoms with van der Waals surface area (Å²) in [5, 5.41) is 17.9. The number of nitrogens with two attached hydrogens (primary N) is 2. The Hall–Kier alpha value is -4.40. The second-order valence-electron chi connectivity index (χ2n) is 14.7. The number of amides is 6. The fourth-order valence-corrected chi connectivity index (χ4v) is 7.07. The van der Waals surface area contributed by atoms with E-state index < -0.39 is 65.8 Å². The maximum atomic E-state index is 13.4. The molecule has 2 saturated heterocycles. The summed E-state index contributed by atoms with van der Waals surface area (Å²) in [6.45, 7) is 5.66. The molecule has 4 atom stereocenters. The topological polar surface area (TPSA) is 250 Å². The van der Waals surface area contributed by atoms with E-state index >= 15 is 0 Å². The molecule has 17 nitrogen and oxygen atoms in total. The van der Waals surface area contributed by atoms with Crippen molar-refractivity contribution in [2.45, 2.75) is 95.6 Å². The molecule has 2 heterocycles. The van der Waals surface area contributed by atoms with Crippen LogP contribution in [0.1, 0.15) is 65.2 Å². The molecule has 0 aliphatic carbocycles. The molecule has 0 unspecified atom stereocenters. The highest BCUT2D eigenvalue weighted by molar-refractivity contribution is 6.18. The molecule has 338 valence electrons. The van der Waals surface area contributed by atoms with Gasteiger partial charge in [-0.1, -0.05) is 20.3 Å². The summed E-state index contributed by atoms with van der Waals surface area (Å²) in [5.41, 5.74) is 13.2. The number of carbonyl (C=O) groups excluding carboxylic acids is 6. The van der Waals surface area contributed by atoms with Crippen LogP contribution in [0.4, 0.5) is 24.5 Å². The van der Waals surface area contributed by atoms with Crippen molar-refractivity contribution in [2.75, 3.05) is 67.8 Å². The van der Waals surface area contributed by atoms with Crippen LogP contribution in [0.5, 0.6) is 0 Å². The molecule has 1 aromatic rings. The predicted molar refractivity (Wildman–Crippen MR) is 220 cm³/mol. The Bertz CT molecular complexity index is 1590. The highest BCUT2D eigenvalue weighted by atomic mass is 35.5. The van der Waals surface area contributed by atoms with Gasteiger partial charge in [0.05, 0.1) is 19.1 Å². The summed E-state index contributed by atoms with van der Waals surface area (Å²) < 4.78 is 31.7. The average Bonchev–Trinajstić information content (AvgIpc) is 3.90. The lowest BCUT2D eigenvalue weighted by atomic mass is 10.0. The summed E-state index contributed by atoms with van der Waals surface area (Å²) >= 11 is 11.8. The summed E-state index contributed by atoms with van der Waals surface area (Å²) in [6.07, 6.45) is -0.733. The van der Waals surface area contributed by atoms with E-state index in [1.54, 1.807) is 12.1 Å². The third kappa shape index (κ3) is 17.3. The molecule has 0 bridgehead atoms. The normalized spacial score (nSPS) is 17.2. The number of benzene rings is 1. The second kappa shape index (κ2) is 26.0. The van der Waals surface area contributed by atoms with Crippen molar-refractivity contribution in [1.82, 2.24) is 25.8 Å². The number of rotatable bonds is 21. The van der Waals surface area contributed by atoms with Gasteiger partial charge >= 0.3 is 12.1 Å². The summed E-state index contributed by atoms with van der Waals surface area (Å²) in [7, 11) is 0. The van der Waals surface area contributed by atoms with Crippen LogP contribution in [0, 0.1) is 5.92 Å². The zero-order chi connectivity index (χ0) is 45.0. The van der Waals surface area contributed by atoms with Gasteiger partial charge in [-0.15, -0.1) is 23.2 Å². The molecule has 2 aliphatic rings. The molecule has 22 heteroatoms. The first-order valence-corrected chi connectivity index (χ1v) is 20.9. The van der Waals surface area contributed by atoms with E-state index in [0.29, 0.717) is 95.1 Å². The number of nitrogens with zero attached hydrogens (tertiary/aromatic N) is 3. The van der Waals surface area contributed by atoms with Crippen LogP contribution in [0.3, 0.4) is 0 Å². The van der Waals surface area contributed by atoms with Gasteiger partial charge in [0, 0.05) is 49.3 Å². The van der Waals surface area contributed by atoms with Crippen molar-refractivity contribution in [3.63, 3.8) is 0 Å². The molecule has 3 rings (SSSR count). The number of hydrogen-bond donors (Lipinski definition) is 7. The fourth-order valence-electron chi connectivity index (χ4n) is 6.66. The van der Waals surface area contributed by atoms with Crippen molar-refractivity contribution in [3.8, 4) is 0 Å². The number of carboxylic acids is 1. The Balaban J connectivity index is 0.00000162. The number of hydrogen-bond acceptors (Lipinski definition) is 10. The lowest BCUT2D eigenvalue weighted by molar-refractivity contribution is -0.192. The van der Waals surface area contributed by atoms with Crippen LogP contribution in [0.2, 0.25) is 0 Å². The van der Waals surface area contributed by atoms with Gasteiger partial charge < -0.3 is 52.5 Å². The zero-order valence-corrected chi connectivity index (χ0v) is 35.4. The van der Waals surface area contributed by atoms with Gasteiger partial charge in [0.1, 0.15) is 18.1 Å². The first kappa shape index (κ1) is 51.7. The first-order chi connectivity index (χ1) is 28.3. The maximum absolute atomic E-state index is 13.4. The van der Waals surface area contributed by atoms with Crippen LogP contribution < -0.4 is 37.6 Å². The summed E-state index contributed by atoms with van der Waals surface area (Å²) in [5.74, 6) is -4.44. The quantitative estimate of drug-likeness (QED) is 0.0692. The molecule has 2 fully saturated rings. The maximum Gasteiger partial charge on any atom is 0.490 e. The van der Waals surface area contributed by atoms with E-state index in [1.165, 1.54) is 9.80 Å². The highest BCUT2D eigenvalue weighted by Gasteiger charge is 2.39. The smallest absolute Gasteiger partial charge is 0.475 e. The number of nitrogens with one attached hydrogen (secondary N) is 4. The van der Waals surface area contributed by atoms with Gasteiger partial charge in [0.2, 0.25) is 35.4 Å². The number of aliphatic carboxylic acids is 1. The Morgan fingerprint density at radius 1 is 0.883 bits per heavy atom. The molecular weight excluding hydrogens is 838 g/mol. The summed E-state index contributed by atoms with van der Waals surface area (Å²) in [4.78, 5) is 92.5. The predicted octanol–water partition coefficient (Wildman–Crippen LogP) is 1.74. The van der Waals surface area contributed by atoms with E-state index in [2.05, 4.69) is 21.3 Å². The van der Waals surface area contributed by atoms with Crippen LogP contribution in [0.15, 0.2) is 24.3 Å². The lowest BCUT2D eigenvalue weighted by Gasteiger charge is -2.29. The number of carbonyl (C=O) groups is 7. The van der Waals surface area contributed by atoms with Gasteiger partial charge in [0.25, 0.3) is 0 Å². The minimum atomic E-state index is -5.08. The van der Waals surface area contributed by atoms with E-state index in [1.807, 2.05) is 30.9 Å². The van der Waals surface area contributed by atoms with Crippen molar-refractivity contribution < 1.29 is 51.8 Å². The molecule has 0 spiro atoms. The van der Waals surface area contributed by atoms with Crippen LogP contribution >= 0.6 is 23.2 Å². The number of halogens is 5. The highest BCUT2D eigenvalue weighted by Crippen LogP contribution is 2.22. The van der Waals surface area contributed by atoms with Crippen molar-refractivity contribution in [2.24, 2.45) is 17.4 Å².